The topological polar surface area (TPSA) is 29.1 Å². The summed E-state index contributed by atoms with van der Waals surface area (Å²) in [5, 5.41) is 3.12. The van der Waals surface area contributed by atoms with Crippen LogP contribution in [0.5, 0.6) is 0 Å². The van der Waals surface area contributed by atoms with Crippen LogP contribution in [0, 0.1) is 6.92 Å². The van der Waals surface area contributed by atoms with Crippen LogP contribution in [-0.4, -0.2) is 5.91 Å². The Morgan fingerprint density at radius 2 is 1.82 bits per heavy atom. The number of hydrogen-bond donors (Lipinski definition) is 1. The number of amides is 1. The van der Waals surface area contributed by atoms with Gasteiger partial charge in [0.15, 0.2) is 0 Å². The number of aryl methyl sites for hydroxylation is 1. The molecular formula is C15H19NO. The summed E-state index contributed by atoms with van der Waals surface area (Å²) in [5.74, 6) is 0.240. The predicted molar refractivity (Wildman–Crippen MR) is 69.2 cm³/mol. The Hall–Kier alpha value is -1.31. The Kier molecular flexibility index (Phi) is 2.46. The standard InChI is InChI=1S/C15H19NO/c1-11-7-6-8-12-13(11)16-14(17)15(12)9-4-2-3-5-10-15/h6-8H,2-5,9-10H2,1H3,(H,16,17). The quantitative estimate of drug-likeness (QED) is 0.724. The van der Waals surface area contributed by atoms with Gasteiger partial charge in [0.25, 0.3) is 0 Å². The lowest BCUT2D eigenvalue weighted by molar-refractivity contribution is -0.121. The van der Waals surface area contributed by atoms with Crippen molar-refractivity contribution in [1.29, 1.82) is 0 Å². The van der Waals surface area contributed by atoms with Gasteiger partial charge in [0, 0.05) is 5.69 Å². The number of para-hydroxylation sites is 1. The first kappa shape index (κ1) is 10.8. The Morgan fingerprint density at radius 3 is 2.53 bits per heavy atom. The molecule has 0 radical (unpaired) electrons. The number of nitrogens with one attached hydrogen (secondary N) is 1. The van der Waals surface area contributed by atoms with E-state index in [-0.39, 0.29) is 11.3 Å². The molecule has 1 N–H and O–H groups in total. The molecule has 1 aromatic rings. The number of fused-ring (bicyclic) bond motifs is 2. The third-order valence-corrected chi connectivity index (χ3v) is 4.42. The van der Waals surface area contributed by atoms with Crippen molar-refractivity contribution in [2.24, 2.45) is 0 Å². The summed E-state index contributed by atoms with van der Waals surface area (Å²) in [5.41, 5.74) is 3.32. The Labute approximate surface area is 102 Å². The van der Waals surface area contributed by atoms with Crippen LogP contribution < -0.4 is 5.32 Å². The molecule has 1 aromatic carbocycles. The Morgan fingerprint density at radius 1 is 1.12 bits per heavy atom. The number of carbonyl (C=O) groups excluding carboxylic acids is 1. The van der Waals surface area contributed by atoms with Crippen LogP contribution in [0.25, 0.3) is 0 Å². The molecule has 1 spiro atoms. The third-order valence-electron chi connectivity index (χ3n) is 4.42. The number of hydrogen-bond acceptors (Lipinski definition) is 1. The maximum absolute atomic E-state index is 12.4. The van der Waals surface area contributed by atoms with Gasteiger partial charge in [-0.2, -0.15) is 0 Å². The normalized spacial score (nSPS) is 22.1. The molecule has 1 heterocycles. The molecule has 1 fully saturated rings. The number of anilines is 1. The molecule has 2 nitrogen and oxygen atoms in total. The van der Waals surface area contributed by atoms with Crippen molar-refractivity contribution in [2.75, 3.05) is 5.32 Å². The van der Waals surface area contributed by atoms with Gasteiger partial charge in [-0.25, -0.2) is 0 Å². The summed E-state index contributed by atoms with van der Waals surface area (Å²) in [7, 11) is 0. The van der Waals surface area contributed by atoms with Crippen LogP contribution in [-0.2, 0) is 10.2 Å². The van der Waals surface area contributed by atoms with Crippen LogP contribution in [0.1, 0.15) is 49.7 Å². The van der Waals surface area contributed by atoms with E-state index in [0.29, 0.717) is 0 Å². The fraction of sp³-hybridized carbons (Fsp3) is 0.533. The van der Waals surface area contributed by atoms with Gasteiger partial charge in [0.2, 0.25) is 5.91 Å². The minimum atomic E-state index is -0.210. The molecule has 0 bridgehead atoms. The second kappa shape index (κ2) is 3.86. The average molecular weight is 229 g/mol. The first-order valence-corrected chi connectivity index (χ1v) is 6.66. The van der Waals surface area contributed by atoms with E-state index in [1.807, 2.05) is 0 Å². The highest BCUT2D eigenvalue weighted by molar-refractivity contribution is 6.06. The summed E-state index contributed by atoms with van der Waals surface area (Å²) in [4.78, 5) is 12.4. The molecule has 2 heteroatoms. The van der Waals surface area contributed by atoms with Crippen molar-refractivity contribution >= 4 is 11.6 Å². The third kappa shape index (κ3) is 1.50. The number of benzene rings is 1. The summed E-state index contributed by atoms with van der Waals surface area (Å²) in [6.45, 7) is 2.08. The molecule has 0 atom stereocenters. The van der Waals surface area contributed by atoms with E-state index in [1.54, 1.807) is 0 Å². The molecule has 0 saturated heterocycles. The highest BCUT2D eigenvalue weighted by Crippen LogP contribution is 2.47. The summed E-state index contributed by atoms with van der Waals surface area (Å²) >= 11 is 0. The predicted octanol–water partition coefficient (Wildman–Crippen LogP) is 3.54. The van der Waals surface area contributed by atoms with Crippen LogP contribution in [0.4, 0.5) is 5.69 Å². The highest BCUT2D eigenvalue weighted by Gasteiger charge is 2.46. The Bertz CT molecular complexity index is 456. The number of rotatable bonds is 0. The average Bonchev–Trinajstić information content (AvgIpc) is 2.52. The van der Waals surface area contributed by atoms with E-state index in [9.17, 15) is 4.79 Å². The smallest absolute Gasteiger partial charge is 0.235 e. The number of carbonyl (C=O) groups is 1. The fourth-order valence-corrected chi connectivity index (χ4v) is 3.42. The zero-order valence-electron chi connectivity index (χ0n) is 10.4. The minimum Gasteiger partial charge on any atom is -0.325 e. The minimum absolute atomic E-state index is 0.210. The fourth-order valence-electron chi connectivity index (χ4n) is 3.42. The molecule has 1 aliphatic heterocycles. The van der Waals surface area contributed by atoms with E-state index in [0.717, 1.165) is 18.5 Å². The van der Waals surface area contributed by atoms with Gasteiger partial charge in [0.05, 0.1) is 5.41 Å². The maximum atomic E-state index is 12.4. The summed E-state index contributed by atoms with van der Waals surface area (Å²) in [6, 6.07) is 6.31. The van der Waals surface area contributed by atoms with Crippen molar-refractivity contribution in [3.63, 3.8) is 0 Å². The molecule has 1 saturated carbocycles. The van der Waals surface area contributed by atoms with Gasteiger partial charge in [-0.3, -0.25) is 4.79 Å². The highest BCUT2D eigenvalue weighted by atomic mass is 16.2. The maximum Gasteiger partial charge on any atom is 0.235 e. The van der Waals surface area contributed by atoms with Gasteiger partial charge in [0.1, 0.15) is 0 Å². The van der Waals surface area contributed by atoms with Crippen LogP contribution in [0.2, 0.25) is 0 Å². The van der Waals surface area contributed by atoms with Gasteiger partial charge in [-0.1, -0.05) is 43.9 Å². The molecule has 17 heavy (non-hydrogen) atoms. The lowest BCUT2D eigenvalue weighted by atomic mass is 9.75. The van der Waals surface area contributed by atoms with Crippen LogP contribution in [0.15, 0.2) is 18.2 Å². The van der Waals surface area contributed by atoms with E-state index in [1.165, 1.54) is 36.8 Å². The molecule has 90 valence electrons. The second-order valence-corrected chi connectivity index (χ2v) is 5.45. The lowest BCUT2D eigenvalue weighted by Crippen LogP contribution is -2.33. The zero-order chi connectivity index (χ0) is 11.9. The second-order valence-electron chi connectivity index (χ2n) is 5.45. The summed E-state index contributed by atoms with van der Waals surface area (Å²) < 4.78 is 0. The van der Waals surface area contributed by atoms with E-state index >= 15 is 0 Å². The van der Waals surface area contributed by atoms with Crippen molar-refractivity contribution in [3.05, 3.63) is 29.3 Å². The van der Waals surface area contributed by atoms with Crippen molar-refractivity contribution in [1.82, 2.24) is 0 Å². The van der Waals surface area contributed by atoms with Crippen LogP contribution in [0.3, 0.4) is 0 Å². The molecule has 0 aromatic heterocycles. The van der Waals surface area contributed by atoms with E-state index < -0.39 is 0 Å². The zero-order valence-corrected chi connectivity index (χ0v) is 10.4. The van der Waals surface area contributed by atoms with E-state index in [4.69, 9.17) is 0 Å². The first-order chi connectivity index (χ1) is 8.24. The monoisotopic (exact) mass is 229 g/mol. The van der Waals surface area contributed by atoms with Crippen LogP contribution >= 0.6 is 0 Å². The van der Waals surface area contributed by atoms with E-state index in [2.05, 4.69) is 30.4 Å². The molecule has 2 aliphatic rings. The first-order valence-electron chi connectivity index (χ1n) is 6.66. The van der Waals surface area contributed by atoms with Gasteiger partial charge < -0.3 is 5.32 Å². The van der Waals surface area contributed by atoms with Gasteiger partial charge in [-0.15, -0.1) is 0 Å². The molecule has 0 unspecified atom stereocenters. The van der Waals surface area contributed by atoms with Crippen molar-refractivity contribution in [2.45, 2.75) is 50.9 Å². The SMILES string of the molecule is Cc1cccc2c1NC(=O)C21CCCCCC1. The molecule has 3 rings (SSSR count). The van der Waals surface area contributed by atoms with Gasteiger partial charge in [-0.05, 0) is 30.9 Å². The molecule has 1 aliphatic carbocycles. The van der Waals surface area contributed by atoms with Gasteiger partial charge >= 0.3 is 0 Å². The largest absolute Gasteiger partial charge is 0.325 e. The summed E-state index contributed by atoms with van der Waals surface area (Å²) in [6.07, 6.45) is 6.96. The van der Waals surface area contributed by atoms with Crippen molar-refractivity contribution < 1.29 is 4.79 Å². The lowest BCUT2D eigenvalue weighted by Gasteiger charge is -2.25. The van der Waals surface area contributed by atoms with Crippen molar-refractivity contribution in [3.8, 4) is 0 Å². The molecular weight excluding hydrogens is 210 g/mol. The molecule has 1 amide bonds. The Balaban J connectivity index is 2.12.